The molecule has 0 aliphatic heterocycles. The third kappa shape index (κ3) is 4.51. The molecule has 0 amide bonds. The summed E-state index contributed by atoms with van der Waals surface area (Å²) in [5.41, 5.74) is 3.38. The van der Waals surface area contributed by atoms with Crippen molar-refractivity contribution >= 4 is 23.2 Å². The first-order valence-electron chi connectivity index (χ1n) is 9.06. The predicted octanol–water partition coefficient (Wildman–Crippen LogP) is 4.97. The van der Waals surface area contributed by atoms with E-state index in [0.717, 1.165) is 34.7 Å². The minimum Gasteiger partial charge on any atom is -0.491 e. The number of nitrogens with zero attached hydrogens (tertiary/aromatic N) is 1. The number of halogens is 2. The van der Waals surface area contributed by atoms with Crippen LogP contribution in [0.1, 0.15) is 29.5 Å². The number of hydrogen-bond donors (Lipinski definition) is 1. The molecule has 5 heteroatoms. The molecule has 0 spiro atoms. The zero-order chi connectivity index (χ0) is 18.7. The van der Waals surface area contributed by atoms with Crippen LogP contribution < -0.4 is 4.74 Å². The topological polar surface area (TPSA) is 42.4 Å². The minimum absolute atomic E-state index is 0.0764. The largest absolute Gasteiger partial charge is 0.491 e. The zero-order valence-electron chi connectivity index (χ0n) is 15.2. The van der Waals surface area contributed by atoms with Gasteiger partial charge in [0.2, 0.25) is 0 Å². The Kier molecular flexibility index (Phi) is 6.44. The van der Waals surface area contributed by atoms with Crippen molar-refractivity contribution in [3.8, 4) is 5.75 Å². The number of benzene rings is 1. The van der Waals surface area contributed by atoms with Gasteiger partial charge < -0.3 is 9.84 Å². The second-order valence-corrected chi connectivity index (χ2v) is 8.20. The van der Waals surface area contributed by atoms with Crippen LogP contribution in [0.2, 0.25) is 5.02 Å². The molecule has 1 saturated carbocycles. The van der Waals surface area contributed by atoms with Crippen LogP contribution >= 0.6 is 23.2 Å². The van der Waals surface area contributed by atoms with Crippen molar-refractivity contribution in [3.63, 3.8) is 0 Å². The van der Waals surface area contributed by atoms with Crippen LogP contribution in [0.4, 0.5) is 0 Å². The van der Waals surface area contributed by atoms with Gasteiger partial charge in [0.25, 0.3) is 0 Å². The maximum Gasteiger partial charge on any atom is 0.140 e. The van der Waals surface area contributed by atoms with Crippen molar-refractivity contribution in [2.45, 2.75) is 44.6 Å². The number of ether oxygens (including phenoxy) is 1. The van der Waals surface area contributed by atoms with Gasteiger partial charge in [0.05, 0.1) is 18.9 Å². The van der Waals surface area contributed by atoms with Gasteiger partial charge in [0, 0.05) is 22.5 Å². The second kappa shape index (κ2) is 8.60. The first kappa shape index (κ1) is 19.5. The number of rotatable bonds is 6. The molecule has 140 valence electrons. The fraction of sp³-hybridized carbons (Fsp3) is 0.476. The number of pyridine rings is 1. The Hall–Kier alpha value is -1.29. The van der Waals surface area contributed by atoms with Crippen LogP contribution in [0.5, 0.6) is 5.75 Å². The summed E-state index contributed by atoms with van der Waals surface area (Å²) in [7, 11) is 0. The molecule has 4 atom stereocenters. The third-order valence-corrected chi connectivity index (χ3v) is 6.22. The molecule has 2 aromatic rings. The van der Waals surface area contributed by atoms with E-state index in [0.29, 0.717) is 13.0 Å². The lowest BCUT2D eigenvalue weighted by Gasteiger charge is -2.24. The van der Waals surface area contributed by atoms with E-state index in [1.54, 1.807) is 6.20 Å². The normalized spacial score (nSPS) is 25.4. The third-order valence-electron chi connectivity index (χ3n) is 5.48. The Morgan fingerprint density at radius 3 is 2.81 bits per heavy atom. The molecule has 0 radical (unpaired) electrons. The van der Waals surface area contributed by atoms with Crippen molar-refractivity contribution in [1.82, 2.24) is 4.98 Å². The minimum atomic E-state index is -0.387. The smallest absolute Gasteiger partial charge is 0.140 e. The van der Waals surface area contributed by atoms with E-state index >= 15 is 0 Å². The van der Waals surface area contributed by atoms with Crippen LogP contribution in [0.25, 0.3) is 0 Å². The Morgan fingerprint density at radius 2 is 2.04 bits per heavy atom. The molecule has 3 rings (SSSR count). The van der Waals surface area contributed by atoms with Gasteiger partial charge in [-0.3, -0.25) is 4.98 Å². The average molecular weight is 394 g/mol. The van der Waals surface area contributed by atoms with Gasteiger partial charge in [0.1, 0.15) is 5.75 Å². The van der Waals surface area contributed by atoms with Crippen LogP contribution in [-0.4, -0.2) is 28.2 Å². The molecular weight excluding hydrogens is 369 g/mol. The van der Waals surface area contributed by atoms with Crippen LogP contribution in [-0.2, 0) is 6.42 Å². The first-order chi connectivity index (χ1) is 12.5. The fourth-order valence-corrected chi connectivity index (χ4v) is 4.39. The van der Waals surface area contributed by atoms with Crippen molar-refractivity contribution in [2.75, 3.05) is 6.61 Å². The second-order valence-electron chi connectivity index (χ2n) is 7.21. The maximum absolute atomic E-state index is 10.5. The van der Waals surface area contributed by atoms with Crippen molar-refractivity contribution in [1.29, 1.82) is 0 Å². The number of aliphatic hydroxyl groups is 1. The lowest BCUT2D eigenvalue weighted by atomic mass is 9.89. The molecule has 1 aliphatic rings. The van der Waals surface area contributed by atoms with Crippen LogP contribution in [0.3, 0.4) is 0 Å². The van der Waals surface area contributed by atoms with Gasteiger partial charge in [-0.25, -0.2) is 0 Å². The lowest BCUT2D eigenvalue weighted by Crippen LogP contribution is -2.27. The Labute approximate surface area is 165 Å². The lowest BCUT2D eigenvalue weighted by molar-refractivity contribution is 0.0967. The quantitative estimate of drug-likeness (QED) is 0.704. The number of aliphatic hydroxyl groups excluding tert-OH is 1. The van der Waals surface area contributed by atoms with E-state index in [1.165, 1.54) is 5.56 Å². The molecule has 26 heavy (non-hydrogen) atoms. The number of aromatic nitrogens is 1. The molecule has 1 fully saturated rings. The maximum atomic E-state index is 10.5. The predicted molar refractivity (Wildman–Crippen MR) is 106 cm³/mol. The summed E-state index contributed by atoms with van der Waals surface area (Å²) < 4.78 is 6.04. The fourth-order valence-electron chi connectivity index (χ4n) is 3.73. The summed E-state index contributed by atoms with van der Waals surface area (Å²) in [4.78, 5) is 4.21. The van der Waals surface area contributed by atoms with E-state index in [4.69, 9.17) is 27.9 Å². The molecule has 1 aromatic heterocycles. The Morgan fingerprint density at radius 1 is 1.23 bits per heavy atom. The molecule has 2 unspecified atom stereocenters. The summed E-state index contributed by atoms with van der Waals surface area (Å²) >= 11 is 12.6. The van der Waals surface area contributed by atoms with E-state index in [9.17, 15) is 5.11 Å². The molecule has 3 nitrogen and oxygen atoms in total. The summed E-state index contributed by atoms with van der Waals surface area (Å²) in [6.07, 6.45) is 5.54. The van der Waals surface area contributed by atoms with E-state index in [1.807, 2.05) is 38.2 Å². The first-order valence-corrected chi connectivity index (χ1v) is 9.87. The Bertz CT molecular complexity index is 753. The summed E-state index contributed by atoms with van der Waals surface area (Å²) in [5, 5.41) is 11.1. The highest BCUT2D eigenvalue weighted by molar-refractivity contribution is 6.30. The summed E-state index contributed by atoms with van der Waals surface area (Å²) in [6.45, 7) is 4.55. The van der Waals surface area contributed by atoms with Gasteiger partial charge in [-0.1, -0.05) is 23.7 Å². The van der Waals surface area contributed by atoms with Gasteiger partial charge in [0.15, 0.2) is 0 Å². The standard InChI is InChI=1S/C21H25Cl2NO2/c1-13-10-24-11-21(14(13)2)26-12-18-17(20(25)9-19(18)23)7-6-15-4-3-5-16(22)8-15/h3-5,8,10-11,17-20,25H,6-7,9,12H2,1-2H3/t17-,18-,19?,20?/m1/s1. The van der Waals surface area contributed by atoms with E-state index in [2.05, 4.69) is 11.1 Å². The number of alkyl halides is 1. The van der Waals surface area contributed by atoms with Gasteiger partial charge in [-0.15, -0.1) is 11.6 Å². The molecule has 0 saturated heterocycles. The van der Waals surface area contributed by atoms with Crippen LogP contribution in [0, 0.1) is 25.7 Å². The van der Waals surface area contributed by atoms with Crippen LogP contribution in [0.15, 0.2) is 36.7 Å². The van der Waals surface area contributed by atoms with E-state index < -0.39 is 0 Å². The van der Waals surface area contributed by atoms with Gasteiger partial charge in [-0.2, -0.15) is 0 Å². The SMILES string of the molecule is Cc1cncc(OC[C@H]2C(Cl)CC(O)[C@@H]2CCc2cccc(Cl)c2)c1C. The molecule has 0 bridgehead atoms. The highest BCUT2D eigenvalue weighted by Gasteiger charge is 2.41. The average Bonchev–Trinajstić information content (AvgIpc) is 2.87. The molecular formula is C21H25Cl2NO2. The number of aryl methyl sites for hydroxylation is 2. The zero-order valence-corrected chi connectivity index (χ0v) is 16.7. The molecule has 1 N–H and O–H groups in total. The van der Waals surface area contributed by atoms with Crippen molar-refractivity contribution in [3.05, 3.63) is 58.4 Å². The molecule has 1 heterocycles. The van der Waals surface area contributed by atoms with E-state index in [-0.39, 0.29) is 23.3 Å². The summed E-state index contributed by atoms with van der Waals surface area (Å²) in [5.74, 6) is 1.03. The summed E-state index contributed by atoms with van der Waals surface area (Å²) in [6, 6.07) is 7.88. The van der Waals surface area contributed by atoms with Gasteiger partial charge >= 0.3 is 0 Å². The Balaban J connectivity index is 1.65. The van der Waals surface area contributed by atoms with Crippen molar-refractivity contribution < 1.29 is 9.84 Å². The van der Waals surface area contributed by atoms with Crippen molar-refractivity contribution in [2.24, 2.45) is 11.8 Å². The highest BCUT2D eigenvalue weighted by atomic mass is 35.5. The van der Waals surface area contributed by atoms with Gasteiger partial charge in [-0.05, 0) is 67.9 Å². The number of hydrogen-bond acceptors (Lipinski definition) is 3. The molecule has 1 aliphatic carbocycles. The molecule has 1 aromatic carbocycles. The monoisotopic (exact) mass is 393 g/mol. The highest BCUT2D eigenvalue weighted by Crippen LogP contribution is 2.39.